The highest BCUT2D eigenvalue weighted by Gasteiger charge is 2.19. The minimum Gasteiger partial charge on any atom is -0.462 e. The summed E-state index contributed by atoms with van der Waals surface area (Å²) in [4.78, 5) is 38.2. The first kappa shape index (κ1) is 76.1. The van der Waals surface area contributed by atoms with E-state index in [1.165, 1.54) is 244 Å². The standard InChI is InChI=1S/C73H132O6/c1-4-7-10-13-16-18-20-22-24-26-28-30-32-34-35-36-37-39-40-42-44-46-48-50-52-54-57-60-63-66-72(75)78-69-70(68-77-71(74)65-62-59-56-15-12-9-6-3)79-73(76)67-64-61-58-55-53-51-49-47-45-43-41-38-33-31-29-27-25-23-21-19-17-14-11-8-5-2/h8,11,17,19,23,25-26,28-29,31,70H,4-7,9-10,12-16,18,20-22,24,27,30,32-69H2,1-3H3/b11-8-,19-17-,25-23-,28-26-,31-29-. The van der Waals surface area contributed by atoms with E-state index in [1.54, 1.807) is 0 Å². The van der Waals surface area contributed by atoms with Crippen LogP contribution in [0.2, 0.25) is 0 Å². The van der Waals surface area contributed by atoms with Crippen molar-refractivity contribution < 1.29 is 28.6 Å². The van der Waals surface area contributed by atoms with Crippen molar-refractivity contribution in [1.29, 1.82) is 0 Å². The first-order chi connectivity index (χ1) is 39.0. The Labute approximate surface area is 491 Å². The Kier molecular flexibility index (Phi) is 65.1. The van der Waals surface area contributed by atoms with Gasteiger partial charge >= 0.3 is 17.9 Å². The molecule has 0 bridgehead atoms. The van der Waals surface area contributed by atoms with Gasteiger partial charge in [0.05, 0.1) is 0 Å². The van der Waals surface area contributed by atoms with Gasteiger partial charge in [-0.1, -0.05) is 326 Å². The number of ether oxygens (including phenoxy) is 3. The number of esters is 3. The lowest BCUT2D eigenvalue weighted by Gasteiger charge is -2.18. The second-order valence-electron chi connectivity index (χ2n) is 23.4. The van der Waals surface area contributed by atoms with Crippen LogP contribution in [-0.2, 0) is 28.6 Å². The Morgan fingerprint density at radius 3 is 0.785 bits per heavy atom. The molecule has 0 aliphatic carbocycles. The summed E-state index contributed by atoms with van der Waals surface area (Å²) in [5.74, 6) is -0.859. The summed E-state index contributed by atoms with van der Waals surface area (Å²) >= 11 is 0. The van der Waals surface area contributed by atoms with Crippen LogP contribution in [0.15, 0.2) is 60.8 Å². The van der Waals surface area contributed by atoms with Gasteiger partial charge < -0.3 is 14.2 Å². The third kappa shape index (κ3) is 65.8. The quantitative estimate of drug-likeness (QED) is 0.0261. The zero-order chi connectivity index (χ0) is 57.1. The van der Waals surface area contributed by atoms with E-state index in [1.807, 2.05) is 0 Å². The van der Waals surface area contributed by atoms with Crippen LogP contribution in [0.1, 0.15) is 367 Å². The van der Waals surface area contributed by atoms with Gasteiger partial charge in [-0.15, -0.1) is 0 Å². The lowest BCUT2D eigenvalue weighted by Crippen LogP contribution is -2.30. The van der Waals surface area contributed by atoms with Gasteiger partial charge in [0.25, 0.3) is 0 Å². The molecule has 79 heavy (non-hydrogen) atoms. The third-order valence-corrected chi connectivity index (χ3v) is 15.5. The van der Waals surface area contributed by atoms with Gasteiger partial charge in [-0.3, -0.25) is 14.4 Å². The van der Waals surface area contributed by atoms with E-state index in [0.717, 1.165) is 83.5 Å². The first-order valence-corrected chi connectivity index (χ1v) is 34.8. The van der Waals surface area contributed by atoms with Crippen molar-refractivity contribution in [3.8, 4) is 0 Å². The largest absolute Gasteiger partial charge is 0.462 e. The molecule has 0 fully saturated rings. The van der Waals surface area contributed by atoms with Crippen molar-refractivity contribution >= 4 is 17.9 Å². The van der Waals surface area contributed by atoms with Crippen molar-refractivity contribution in [1.82, 2.24) is 0 Å². The van der Waals surface area contributed by atoms with Crippen molar-refractivity contribution in [2.45, 2.75) is 374 Å². The van der Waals surface area contributed by atoms with Crippen LogP contribution in [0.5, 0.6) is 0 Å². The van der Waals surface area contributed by atoms with E-state index >= 15 is 0 Å². The Morgan fingerprint density at radius 2 is 0.494 bits per heavy atom. The zero-order valence-electron chi connectivity index (χ0n) is 52.9. The second-order valence-corrected chi connectivity index (χ2v) is 23.4. The Balaban J connectivity index is 4.04. The van der Waals surface area contributed by atoms with Crippen molar-refractivity contribution in [3.63, 3.8) is 0 Å². The van der Waals surface area contributed by atoms with Gasteiger partial charge in [-0.25, -0.2) is 0 Å². The van der Waals surface area contributed by atoms with E-state index < -0.39 is 6.10 Å². The van der Waals surface area contributed by atoms with E-state index in [0.29, 0.717) is 19.3 Å². The van der Waals surface area contributed by atoms with Crippen LogP contribution < -0.4 is 0 Å². The predicted octanol–water partition coefficient (Wildman–Crippen LogP) is 23.9. The van der Waals surface area contributed by atoms with Crippen molar-refractivity contribution in [2.75, 3.05) is 13.2 Å². The minimum atomic E-state index is -0.772. The van der Waals surface area contributed by atoms with Crippen molar-refractivity contribution in [3.05, 3.63) is 60.8 Å². The molecule has 0 saturated heterocycles. The van der Waals surface area contributed by atoms with Crippen LogP contribution in [-0.4, -0.2) is 37.2 Å². The van der Waals surface area contributed by atoms with Crippen LogP contribution in [0.3, 0.4) is 0 Å². The molecule has 6 nitrogen and oxygen atoms in total. The number of carbonyl (C=O) groups is 3. The molecule has 0 aromatic heterocycles. The summed E-state index contributed by atoms with van der Waals surface area (Å²) < 4.78 is 16.9. The first-order valence-electron chi connectivity index (χ1n) is 34.8. The zero-order valence-corrected chi connectivity index (χ0v) is 52.9. The van der Waals surface area contributed by atoms with E-state index in [-0.39, 0.29) is 31.1 Å². The normalized spacial score (nSPS) is 12.4. The lowest BCUT2D eigenvalue weighted by atomic mass is 10.0. The Hall–Kier alpha value is -2.89. The molecule has 0 amide bonds. The van der Waals surface area contributed by atoms with Crippen LogP contribution in [0.4, 0.5) is 0 Å². The number of allylic oxidation sites excluding steroid dienone is 10. The molecule has 1 unspecified atom stereocenters. The molecule has 0 aliphatic rings. The average molecular weight is 1110 g/mol. The molecule has 0 heterocycles. The maximum atomic E-state index is 12.9. The van der Waals surface area contributed by atoms with Gasteiger partial charge in [0.2, 0.25) is 0 Å². The maximum Gasteiger partial charge on any atom is 0.306 e. The molecule has 0 aromatic carbocycles. The van der Waals surface area contributed by atoms with Crippen LogP contribution in [0.25, 0.3) is 0 Å². The fourth-order valence-electron chi connectivity index (χ4n) is 10.3. The van der Waals surface area contributed by atoms with Crippen molar-refractivity contribution in [2.24, 2.45) is 0 Å². The SMILES string of the molecule is CC/C=C\C/C=C\C/C=C\C/C=C\CCCCCCCCCCCCCCC(=O)OC(COC(=O)CCCCCCCCC)COC(=O)CCCCCCCCCCCCCCCCCCC/C=C\CCCCCCCCCC. The van der Waals surface area contributed by atoms with Gasteiger partial charge in [-0.05, 0) is 83.5 Å². The summed E-state index contributed by atoms with van der Waals surface area (Å²) in [6.07, 6.45) is 87.1. The topological polar surface area (TPSA) is 78.9 Å². The van der Waals surface area contributed by atoms with E-state index in [2.05, 4.69) is 81.5 Å². The molecule has 1 atom stereocenters. The summed E-state index contributed by atoms with van der Waals surface area (Å²) in [6.45, 7) is 6.54. The molecule has 460 valence electrons. The smallest absolute Gasteiger partial charge is 0.306 e. The van der Waals surface area contributed by atoms with Crippen LogP contribution in [0, 0.1) is 0 Å². The minimum absolute atomic E-state index is 0.0704. The second kappa shape index (κ2) is 67.6. The van der Waals surface area contributed by atoms with Crippen LogP contribution >= 0.6 is 0 Å². The van der Waals surface area contributed by atoms with Gasteiger partial charge in [0, 0.05) is 19.3 Å². The van der Waals surface area contributed by atoms with Gasteiger partial charge in [0.15, 0.2) is 6.10 Å². The third-order valence-electron chi connectivity index (χ3n) is 15.5. The summed E-state index contributed by atoms with van der Waals surface area (Å²) in [7, 11) is 0. The summed E-state index contributed by atoms with van der Waals surface area (Å²) in [5.41, 5.74) is 0. The molecule has 0 radical (unpaired) electrons. The Morgan fingerprint density at radius 1 is 0.266 bits per heavy atom. The number of hydrogen-bond acceptors (Lipinski definition) is 6. The summed E-state index contributed by atoms with van der Waals surface area (Å²) in [5, 5.41) is 0. The molecular weight excluding hydrogens is 973 g/mol. The predicted molar refractivity (Wildman–Crippen MR) is 344 cm³/mol. The molecule has 0 saturated carbocycles. The van der Waals surface area contributed by atoms with Gasteiger partial charge in [-0.2, -0.15) is 0 Å². The molecular formula is C73H132O6. The number of rotatable bonds is 64. The highest BCUT2D eigenvalue weighted by molar-refractivity contribution is 5.71. The monoisotopic (exact) mass is 1110 g/mol. The number of carbonyl (C=O) groups excluding carboxylic acids is 3. The molecule has 0 aromatic rings. The number of unbranched alkanes of at least 4 members (excludes halogenated alkanes) is 43. The molecule has 0 aliphatic heterocycles. The highest BCUT2D eigenvalue weighted by Crippen LogP contribution is 2.18. The lowest BCUT2D eigenvalue weighted by molar-refractivity contribution is -0.167. The van der Waals surface area contributed by atoms with E-state index in [9.17, 15) is 14.4 Å². The summed E-state index contributed by atoms with van der Waals surface area (Å²) in [6, 6.07) is 0. The Bertz CT molecular complexity index is 1410. The van der Waals surface area contributed by atoms with Gasteiger partial charge in [0.1, 0.15) is 13.2 Å². The average Bonchev–Trinajstić information content (AvgIpc) is 3.45. The number of hydrogen-bond donors (Lipinski definition) is 0. The molecule has 0 rings (SSSR count). The van der Waals surface area contributed by atoms with E-state index in [4.69, 9.17) is 14.2 Å². The molecule has 0 spiro atoms. The molecule has 6 heteroatoms. The highest BCUT2D eigenvalue weighted by atomic mass is 16.6. The maximum absolute atomic E-state index is 12.9. The molecule has 0 N–H and O–H groups in total. The fraction of sp³-hybridized carbons (Fsp3) is 0.822. The fourth-order valence-corrected chi connectivity index (χ4v) is 10.3.